The van der Waals surface area contributed by atoms with Crippen LogP contribution in [0, 0.1) is 34.6 Å². The summed E-state index contributed by atoms with van der Waals surface area (Å²) in [7, 11) is 4.48. The van der Waals surface area contributed by atoms with Crippen LogP contribution < -0.4 is 48.4 Å². The summed E-state index contributed by atoms with van der Waals surface area (Å²) < 4.78 is 15.5. The number of rotatable bonds is 1. The van der Waals surface area contributed by atoms with Crippen LogP contribution in [0.4, 0.5) is 5.69 Å². The van der Waals surface area contributed by atoms with E-state index in [1.165, 1.54) is 52.7 Å². The molecule has 9 rings (SSSR count). The first-order valence-corrected chi connectivity index (χ1v) is 23.1. The maximum absolute atomic E-state index is 10.6. The average molecular weight is 1110 g/mol. The fourth-order valence-electron chi connectivity index (χ4n) is 5.06. The second-order valence-corrected chi connectivity index (χ2v) is 16.6. The molecule has 4 amide bonds. The number of amides is 4. The number of carbonyl (C=O) groups excluding carboxylic acids is 5. The van der Waals surface area contributed by atoms with Gasteiger partial charge in [0.05, 0.1) is 5.71 Å². The first-order chi connectivity index (χ1) is 36.6. The van der Waals surface area contributed by atoms with Gasteiger partial charge in [0.15, 0.2) is 17.2 Å². The van der Waals surface area contributed by atoms with E-state index in [4.69, 9.17) is 35.2 Å². The highest BCUT2D eigenvalue weighted by Crippen LogP contribution is 2.16. The van der Waals surface area contributed by atoms with Gasteiger partial charge in [0.25, 0.3) is 28.1 Å². The predicted molar refractivity (Wildman–Crippen MR) is 287 cm³/mol. The molecule has 5 aromatic rings. The summed E-state index contributed by atoms with van der Waals surface area (Å²) in [4.78, 5) is 107. The van der Waals surface area contributed by atoms with Gasteiger partial charge < -0.3 is 65.3 Å². The van der Waals surface area contributed by atoms with Gasteiger partial charge in [0.1, 0.15) is 24.2 Å². The maximum Gasteiger partial charge on any atom is 0.341 e. The van der Waals surface area contributed by atoms with E-state index >= 15 is 0 Å². The first kappa shape index (κ1) is 69.3. The van der Waals surface area contributed by atoms with Crippen LogP contribution in [0.15, 0.2) is 105 Å². The van der Waals surface area contributed by atoms with Crippen LogP contribution in [0.3, 0.4) is 0 Å². The van der Waals surface area contributed by atoms with Gasteiger partial charge >= 0.3 is 5.97 Å². The molecule has 10 N–H and O–H groups in total. The highest BCUT2D eigenvalue weighted by Gasteiger charge is 2.18. The average Bonchev–Trinajstić information content (AvgIpc) is 4.16. The molecule has 28 nitrogen and oxygen atoms in total. The van der Waals surface area contributed by atoms with Crippen molar-refractivity contribution >= 4 is 41.0 Å². The number of phenols is 1. The highest BCUT2D eigenvalue weighted by molar-refractivity contribution is 6.39. The predicted octanol–water partition coefficient (Wildman–Crippen LogP) is 1.32. The second-order valence-electron chi connectivity index (χ2n) is 16.6. The number of nitrogens with zero attached hydrogens (tertiary/aromatic N) is 5. The molecule has 2 aromatic heterocycles. The zero-order valence-corrected chi connectivity index (χ0v) is 46.0. The number of hydrogen-bond donors (Lipinski definition) is 10. The van der Waals surface area contributed by atoms with Crippen LogP contribution in [-0.2, 0) is 40.5 Å². The number of aryl methyl sites for hydroxylation is 5. The van der Waals surface area contributed by atoms with Crippen molar-refractivity contribution in [3.8, 4) is 23.0 Å². The molecular weight excluding hydrogens is 1040 g/mol. The van der Waals surface area contributed by atoms with Crippen LogP contribution >= 0.6 is 0 Å². The Morgan fingerprint density at radius 2 is 1.30 bits per heavy atom. The molecule has 0 fully saturated rings. The van der Waals surface area contributed by atoms with E-state index in [2.05, 4.69) is 45.9 Å². The van der Waals surface area contributed by atoms with Crippen LogP contribution in [0.1, 0.15) is 70.0 Å². The van der Waals surface area contributed by atoms with E-state index in [1.807, 2.05) is 46.8 Å². The van der Waals surface area contributed by atoms with Gasteiger partial charge in [-0.1, -0.05) is 17.7 Å². The Morgan fingerprint density at radius 3 is 1.54 bits per heavy atom. The van der Waals surface area contributed by atoms with Gasteiger partial charge in [-0.2, -0.15) is 0 Å². The van der Waals surface area contributed by atoms with Crippen LogP contribution in [0.2, 0.25) is 0 Å². The van der Waals surface area contributed by atoms with Gasteiger partial charge in [-0.05, 0) is 71.2 Å². The Balaban J connectivity index is 0.000000858. The molecule has 3 aromatic carbocycles. The largest absolute Gasteiger partial charge is 0.508 e. The molecule has 0 radical (unpaired) electrons. The number of phenolic OH excluding ortho intramolecular Hbond substituents is 1. The number of aliphatic hydroxyl groups is 1. The summed E-state index contributed by atoms with van der Waals surface area (Å²) >= 11 is 0. The number of carbonyl (C=O) groups is 5. The number of nitrogens with one attached hydrogen (secondary N) is 4. The van der Waals surface area contributed by atoms with Crippen molar-refractivity contribution in [3.05, 3.63) is 151 Å². The molecular formula is C51H67N9O19. The highest BCUT2D eigenvalue weighted by atomic mass is 16.7. The number of hydrogen-bond acceptors (Lipinski definition) is 23. The lowest BCUT2D eigenvalue weighted by Crippen LogP contribution is -2.32. The molecule has 0 saturated carbocycles. The summed E-state index contributed by atoms with van der Waals surface area (Å²) in [5.41, 5.74) is 2.94. The topological polar surface area (TPSA) is 418 Å². The van der Waals surface area contributed by atoms with Crippen molar-refractivity contribution in [3.63, 3.8) is 0 Å². The second kappa shape index (κ2) is 34.0. The number of cyclic esters (lactones) is 1. The van der Waals surface area contributed by atoms with Crippen molar-refractivity contribution in [2.75, 3.05) is 39.2 Å². The van der Waals surface area contributed by atoms with Crippen LogP contribution in [0.25, 0.3) is 0 Å². The van der Waals surface area contributed by atoms with Crippen molar-refractivity contribution < 1.29 is 68.6 Å². The van der Waals surface area contributed by atoms with Crippen molar-refractivity contribution in [2.45, 2.75) is 82.5 Å². The third-order valence-electron chi connectivity index (χ3n) is 9.84. The minimum atomic E-state index is -0.806. The number of pyridine rings is 1. The van der Waals surface area contributed by atoms with E-state index in [-0.39, 0.29) is 51.8 Å². The van der Waals surface area contributed by atoms with Gasteiger partial charge in [-0.3, -0.25) is 53.4 Å². The summed E-state index contributed by atoms with van der Waals surface area (Å²) in [5, 5.41) is 69.6. The first-order valence-electron chi connectivity index (χ1n) is 23.1. The molecule has 4 aliphatic heterocycles. The lowest BCUT2D eigenvalue weighted by atomic mass is 10.1. The zero-order valence-electron chi connectivity index (χ0n) is 46.0. The molecule has 0 spiro atoms. The third-order valence-corrected chi connectivity index (χ3v) is 9.84. The maximum atomic E-state index is 10.6. The molecule has 79 heavy (non-hydrogen) atoms. The summed E-state index contributed by atoms with van der Waals surface area (Å²) in [5.74, 6) is -0.659. The van der Waals surface area contributed by atoms with Crippen LogP contribution in [-0.4, -0.2) is 126 Å². The smallest absolute Gasteiger partial charge is 0.341 e. The molecule has 1 unspecified atom stereocenters. The number of aliphatic hydroxyl groups excluding tert-OH is 1. The number of hydroxylamine groups is 2. The van der Waals surface area contributed by atoms with Gasteiger partial charge in [0, 0.05) is 97.6 Å². The number of anilines is 1. The summed E-state index contributed by atoms with van der Waals surface area (Å²) in [6.07, 6.45) is 4.76. The van der Waals surface area contributed by atoms with E-state index in [9.17, 15) is 47.9 Å². The normalized spacial score (nSPS) is 14.1. The molecule has 0 aliphatic carbocycles. The lowest BCUT2D eigenvalue weighted by Gasteiger charge is -2.16. The van der Waals surface area contributed by atoms with E-state index in [1.54, 1.807) is 50.7 Å². The Labute approximate surface area is 452 Å². The van der Waals surface area contributed by atoms with Gasteiger partial charge in [-0.25, -0.2) is 9.86 Å². The number of aliphatic imine (C=N–C) groups is 1. The van der Waals surface area contributed by atoms with E-state index in [0.717, 1.165) is 41.4 Å². The van der Waals surface area contributed by atoms with E-state index < -0.39 is 45.7 Å². The summed E-state index contributed by atoms with van der Waals surface area (Å²) in [6, 6.07) is 6.87. The fraction of sp³-hybridized carbons (Fsp3) is 0.353. The monoisotopic (exact) mass is 1110 g/mol. The van der Waals surface area contributed by atoms with Crippen molar-refractivity contribution in [2.24, 2.45) is 12.0 Å². The molecule has 6 heterocycles. The number of aromatic hydroxyl groups is 4. The standard InChI is InChI=1S/C8H10O.C6H7NO2.C6H9NO.C5H5NO3.C5H7NO.C5H6O4.C5H4O3.2C4H6N2O.C3H7NO2/c1-6-3-4-8(9)7(2)5-6;1-7-3-2-5(8)6(9)4-7;1-4-3-7-6(8)5(4)2;1-6-2-3(7)5(9)4(2)8;1-4-2-5(7)6-3-4;1-3-8-4(6)2-5(7)9-3;1-2-3(6)5(8)4(2)7;1-3-4(7)6-2-5-3;1-3-5-6-4(2)7-3;1-3(5)4(2)6/h3-5,9H,1-2H3;2-4,9H,1H3;3H2,1-2H3,(H,7,8);6-7H,1H3;2H,3H2,1H3,(H,6,7);2-3,6H,1H3;6H,1H3;2H2,1H3,(H,6,7);1-2H3;6H,1-2H3. The Kier molecular flexibility index (Phi) is 29.8. The molecule has 4 aliphatic rings. The Hall–Kier alpha value is -9.73. The third kappa shape index (κ3) is 26.1. The van der Waals surface area contributed by atoms with Crippen molar-refractivity contribution in [1.82, 2.24) is 35.8 Å². The molecule has 28 heteroatoms. The Bertz CT molecular complexity index is 3190. The minimum absolute atomic E-state index is 0.0139. The molecule has 1 atom stereocenters. The van der Waals surface area contributed by atoms with Crippen molar-refractivity contribution in [1.29, 1.82) is 0 Å². The number of benzene rings is 1. The fourth-order valence-corrected chi connectivity index (χ4v) is 5.06. The Morgan fingerprint density at radius 1 is 0.734 bits per heavy atom. The summed E-state index contributed by atoms with van der Waals surface area (Å²) in [6.45, 7) is 21.0. The van der Waals surface area contributed by atoms with Gasteiger partial charge in [-0.15, -0.1) is 10.2 Å². The van der Waals surface area contributed by atoms with E-state index in [0.29, 0.717) is 35.0 Å². The zero-order chi connectivity index (χ0) is 61.0. The SMILES string of the molecule is CC(=O)N(C)O.CC1=C(C)C(=O)NC1.CC1=CC(=O)NC1.CC1=NCNC1=O.CC1OC(=O)C=C(O)O1.CNc1c(O)c(=O)c1=O.Cc1c(O)c(=O)c1=O.Cc1ccc(O)c(C)c1.Cc1nnc(C)o1.Cn1ccc(=O)c(O)c1. The lowest BCUT2D eigenvalue weighted by molar-refractivity contribution is -0.177. The number of aromatic nitrogens is 3. The van der Waals surface area contributed by atoms with Crippen LogP contribution in [0.5, 0.6) is 23.0 Å². The number of ether oxygens (including phenoxy) is 2. The molecule has 430 valence electrons. The minimum Gasteiger partial charge on any atom is -0.508 e. The molecule has 0 saturated heterocycles. The molecule has 0 bridgehead atoms. The number of esters is 1. The van der Waals surface area contributed by atoms with Gasteiger partial charge in [0.2, 0.25) is 46.7 Å². The quantitative estimate of drug-likeness (QED) is 0.0490.